The van der Waals surface area contributed by atoms with E-state index in [0.29, 0.717) is 28.1 Å². The fourth-order valence-electron chi connectivity index (χ4n) is 2.82. The lowest BCUT2D eigenvalue weighted by molar-refractivity contribution is -0.118. The van der Waals surface area contributed by atoms with Gasteiger partial charge in [0.05, 0.1) is 4.90 Å². The Kier molecular flexibility index (Phi) is 6.14. The van der Waals surface area contributed by atoms with E-state index < -0.39 is 15.9 Å². The Balaban J connectivity index is 1.73. The van der Waals surface area contributed by atoms with Crippen molar-refractivity contribution in [2.45, 2.75) is 4.90 Å². The molecule has 0 atom stereocenters. The molecule has 0 fully saturated rings. The van der Waals surface area contributed by atoms with Gasteiger partial charge in [-0.1, -0.05) is 42.5 Å². The number of nitrogen functional groups attached to an aromatic ring is 1. The highest BCUT2D eigenvalue weighted by molar-refractivity contribution is 7.89. The highest BCUT2D eigenvalue weighted by Gasteiger charge is 2.15. The number of ether oxygens (including phenoxy) is 1. The summed E-state index contributed by atoms with van der Waals surface area (Å²) in [6.45, 7) is -0.251. The van der Waals surface area contributed by atoms with Crippen molar-refractivity contribution in [3.05, 3.63) is 78.4 Å². The molecule has 0 aliphatic heterocycles. The molecule has 0 saturated carbocycles. The number of benzene rings is 3. The first kappa shape index (κ1) is 21.0. The van der Waals surface area contributed by atoms with E-state index in [-0.39, 0.29) is 17.3 Å². The van der Waals surface area contributed by atoms with Crippen LogP contribution in [0, 0.1) is 5.41 Å². The van der Waals surface area contributed by atoms with Gasteiger partial charge in [-0.3, -0.25) is 10.2 Å². The zero-order chi connectivity index (χ0) is 21.7. The lowest BCUT2D eigenvalue weighted by Gasteiger charge is -2.11. The number of amides is 1. The summed E-state index contributed by atoms with van der Waals surface area (Å²) in [6, 6.07) is 19.7. The zero-order valence-electron chi connectivity index (χ0n) is 15.8. The lowest BCUT2D eigenvalue weighted by Crippen LogP contribution is -2.20. The largest absolute Gasteiger partial charge is 0.484 e. The van der Waals surface area contributed by atoms with Crippen LogP contribution in [0.4, 0.5) is 5.69 Å². The number of nitrogens with one attached hydrogen (secondary N) is 2. The van der Waals surface area contributed by atoms with E-state index in [9.17, 15) is 13.2 Å². The first-order valence-electron chi connectivity index (χ1n) is 8.83. The molecule has 1 amide bonds. The summed E-state index contributed by atoms with van der Waals surface area (Å²) >= 11 is 0. The SMILES string of the molecule is N=C(N)c1cccc(OCC(=O)Nc2cccc(-c3ccccc3S(N)(=O)=O)c2)c1. The van der Waals surface area contributed by atoms with E-state index in [4.69, 9.17) is 21.0 Å². The molecule has 0 unspecified atom stereocenters. The van der Waals surface area contributed by atoms with Gasteiger partial charge in [0.1, 0.15) is 11.6 Å². The summed E-state index contributed by atoms with van der Waals surface area (Å²) in [6.07, 6.45) is 0. The Morgan fingerprint density at radius 2 is 1.73 bits per heavy atom. The van der Waals surface area contributed by atoms with E-state index in [1.54, 1.807) is 66.7 Å². The molecule has 9 heteroatoms. The molecule has 0 spiro atoms. The lowest BCUT2D eigenvalue weighted by atomic mass is 10.1. The maximum absolute atomic E-state index is 12.3. The van der Waals surface area contributed by atoms with Crippen molar-refractivity contribution < 1.29 is 17.9 Å². The van der Waals surface area contributed by atoms with E-state index in [0.717, 1.165) is 0 Å². The molecular formula is C21H20N4O4S. The van der Waals surface area contributed by atoms with Gasteiger partial charge >= 0.3 is 0 Å². The first-order valence-corrected chi connectivity index (χ1v) is 10.4. The van der Waals surface area contributed by atoms with Crippen LogP contribution in [0.5, 0.6) is 5.75 Å². The number of carbonyl (C=O) groups is 1. The molecule has 0 aromatic heterocycles. The van der Waals surface area contributed by atoms with Crippen LogP contribution in [0.1, 0.15) is 5.56 Å². The van der Waals surface area contributed by atoms with E-state index in [1.807, 2.05) is 0 Å². The van der Waals surface area contributed by atoms with Gasteiger partial charge in [0, 0.05) is 16.8 Å². The van der Waals surface area contributed by atoms with Crippen LogP contribution >= 0.6 is 0 Å². The van der Waals surface area contributed by atoms with Gasteiger partial charge in [-0.05, 0) is 35.9 Å². The van der Waals surface area contributed by atoms with Crippen LogP contribution in [-0.4, -0.2) is 26.8 Å². The van der Waals surface area contributed by atoms with Crippen molar-refractivity contribution in [2.75, 3.05) is 11.9 Å². The second-order valence-corrected chi connectivity index (χ2v) is 7.93. The highest BCUT2D eigenvalue weighted by Crippen LogP contribution is 2.28. The monoisotopic (exact) mass is 424 g/mol. The summed E-state index contributed by atoms with van der Waals surface area (Å²) in [4.78, 5) is 12.3. The second-order valence-electron chi connectivity index (χ2n) is 6.40. The van der Waals surface area contributed by atoms with E-state index in [2.05, 4.69) is 5.32 Å². The molecule has 3 aromatic carbocycles. The predicted octanol–water partition coefficient (Wildman–Crippen LogP) is 2.30. The Labute approximate surface area is 174 Å². The number of hydrogen-bond donors (Lipinski definition) is 4. The number of amidine groups is 1. The molecule has 3 rings (SSSR count). The second kappa shape index (κ2) is 8.76. The number of carbonyl (C=O) groups excluding carboxylic acids is 1. The van der Waals surface area contributed by atoms with Gasteiger partial charge < -0.3 is 15.8 Å². The molecule has 3 aromatic rings. The summed E-state index contributed by atoms with van der Waals surface area (Å²) < 4.78 is 29.1. The smallest absolute Gasteiger partial charge is 0.262 e. The van der Waals surface area contributed by atoms with Crippen LogP contribution in [0.15, 0.2) is 77.7 Å². The average Bonchev–Trinajstić information content (AvgIpc) is 2.72. The third-order valence-electron chi connectivity index (χ3n) is 4.17. The van der Waals surface area contributed by atoms with Crippen molar-refractivity contribution in [2.24, 2.45) is 10.9 Å². The zero-order valence-corrected chi connectivity index (χ0v) is 16.6. The minimum absolute atomic E-state index is 0.00200. The summed E-state index contributed by atoms with van der Waals surface area (Å²) in [5.74, 6) is -0.0877. The minimum Gasteiger partial charge on any atom is -0.484 e. The number of primary sulfonamides is 1. The number of sulfonamides is 1. The number of nitrogens with two attached hydrogens (primary N) is 2. The van der Waals surface area contributed by atoms with E-state index >= 15 is 0 Å². The van der Waals surface area contributed by atoms with Gasteiger partial charge in [0.25, 0.3) is 5.91 Å². The normalized spacial score (nSPS) is 11.0. The highest BCUT2D eigenvalue weighted by atomic mass is 32.2. The Hall–Kier alpha value is -3.69. The molecular weight excluding hydrogens is 404 g/mol. The molecule has 0 saturated heterocycles. The van der Waals surface area contributed by atoms with Crippen LogP contribution in [0.3, 0.4) is 0 Å². The van der Waals surface area contributed by atoms with Crippen molar-refractivity contribution in [1.82, 2.24) is 0 Å². The third-order valence-corrected chi connectivity index (χ3v) is 5.13. The molecule has 0 aliphatic rings. The van der Waals surface area contributed by atoms with Crippen LogP contribution in [0.2, 0.25) is 0 Å². The van der Waals surface area contributed by atoms with E-state index in [1.165, 1.54) is 6.07 Å². The quantitative estimate of drug-likeness (QED) is 0.339. The van der Waals surface area contributed by atoms with Gasteiger partial charge in [-0.15, -0.1) is 0 Å². The molecule has 8 nitrogen and oxygen atoms in total. The molecule has 0 bridgehead atoms. The predicted molar refractivity (Wildman–Crippen MR) is 115 cm³/mol. The Morgan fingerprint density at radius 1 is 1.00 bits per heavy atom. The number of rotatable bonds is 7. The van der Waals surface area contributed by atoms with Gasteiger partial charge in [-0.25, -0.2) is 13.6 Å². The first-order chi connectivity index (χ1) is 14.2. The summed E-state index contributed by atoms with van der Waals surface area (Å²) in [7, 11) is -3.90. The van der Waals surface area contributed by atoms with Crippen molar-refractivity contribution in [3.8, 4) is 16.9 Å². The molecule has 30 heavy (non-hydrogen) atoms. The molecule has 6 N–H and O–H groups in total. The average molecular weight is 424 g/mol. The van der Waals surface area contributed by atoms with Gasteiger partial charge in [0.2, 0.25) is 10.0 Å². The fourth-order valence-corrected chi connectivity index (χ4v) is 3.58. The van der Waals surface area contributed by atoms with Crippen molar-refractivity contribution in [3.63, 3.8) is 0 Å². The number of hydrogen-bond acceptors (Lipinski definition) is 5. The van der Waals surface area contributed by atoms with Crippen molar-refractivity contribution in [1.29, 1.82) is 5.41 Å². The van der Waals surface area contributed by atoms with Gasteiger partial charge in [0.15, 0.2) is 6.61 Å². The third kappa shape index (κ3) is 5.22. The standard InChI is InChI=1S/C21H20N4O4S/c22-21(23)15-6-4-8-17(12-15)29-13-20(26)25-16-7-3-5-14(11-16)18-9-1-2-10-19(18)30(24,27)28/h1-12H,13H2,(H3,22,23)(H,25,26)(H2,24,27,28). The fraction of sp³-hybridized carbons (Fsp3) is 0.0476. The molecule has 0 heterocycles. The Morgan fingerprint density at radius 3 is 2.47 bits per heavy atom. The van der Waals surface area contributed by atoms with Gasteiger partial charge in [-0.2, -0.15) is 0 Å². The van der Waals surface area contributed by atoms with Crippen LogP contribution < -0.4 is 20.9 Å². The molecule has 154 valence electrons. The minimum atomic E-state index is -3.90. The molecule has 0 aliphatic carbocycles. The summed E-state index contributed by atoms with van der Waals surface area (Å²) in [5.41, 5.74) is 7.44. The van der Waals surface area contributed by atoms with Crippen molar-refractivity contribution >= 4 is 27.5 Å². The molecule has 0 radical (unpaired) electrons. The Bertz CT molecular complexity index is 1210. The van der Waals surface area contributed by atoms with Crippen LogP contribution in [0.25, 0.3) is 11.1 Å². The van der Waals surface area contributed by atoms with Crippen LogP contribution in [-0.2, 0) is 14.8 Å². The maximum atomic E-state index is 12.3. The topological polar surface area (TPSA) is 148 Å². The maximum Gasteiger partial charge on any atom is 0.262 e. The number of anilines is 1. The summed E-state index contributed by atoms with van der Waals surface area (Å²) in [5, 5.41) is 15.4.